The lowest BCUT2D eigenvalue weighted by atomic mass is 10.3. The van der Waals surface area contributed by atoms with Crippen LogP contribution in [0.25, 0.3) is 0 Å². The van der Waals surface area contributed by atoms with Gasteiger partial charge in [-0.05, 0) is 12.1 Å². The fraction of sp³-hybridized carbons (Fsp3) is 0.462. The molecule has 0 radical (unpaired) electrons. The van der Waals surface area contributed by atoms with E-state index in [2.05, 4.69) is 0 Å². The maximum atomic E-state index is 11.8. The number of hydrogen-bond acceptors (Lipinski definition) is 3. The topological polar surface area (TPSA) is 38.8 Å². The zero-order valence-corrected chi connectivity index (χ0v) is 11.4. The first-order valence-corrected chi connectivity index (χ1v) is 6.12. The monoisotopic (exact) mass is 271 g/mol. The molecule has 1 amide bonds. The first kappa shape index (κ1) is 14.8. The van der Waals surface area contributed by atoms with Crippen LogP contribution in [0.4, 0.5) is 0 Å². The van der Waals surface area contributed by atoms with Gasteiger partial charge in [0.15, 0.2) is 6.61 Å². The normalized spacial score (nSPS) is 11.9. The molecule has 5 heteroatoms. The summed E-state index contributed by atoms with van der Waals surface area (Å²) in [6.45, 7) is 0.863. The van der Waals surface area contributed by atoms with Crippen LogP contribution in [0.15, 0.2) is 30.3 Å². The molecule has 0 fully saturated rings. The second-order valence-electron chi connectivity index (χ2n) is 3.93. The van der Waals surface area contributed by atoms with Crippen LogP contribution in [0.1, 0.15) is 0 Å². The van der Waals surface area contributed by atoms with Gasteiger partial charge < -0.3 is 14.4 Å². The molecule has 0 spiro atoms. The van der Waals surface area contributed by atoms with Crippen molar-refractivity contribution in [1.82, 2.24) is 4.90 Å². The summed E-state index contributed by atoms with van der Waals surface area (Å²) in [6.07, 6.45) is 0. The zero-order chi connectivity index (χ0) is 13.4. The molecule has 1 aromatic rings. The third-order valence-electron chi connectivity index (χ3n) is 2.35. The summed E-state index contributed by atoms with van der Waals surface area (Å²) in [6, 6.07) is 9.22. The summed E-state index contributed by atoms with van der Waals surface area (Å²) in [5, 5.41) is -0.208. The second kappa shape index (κ2) is 7.95. The summed E-state index contributed by atoms with van der Waals surface area (Å²) in [7, 11) is 3.28. The highest BCUT2D eigenvalue weighted by Gasteiger charge is 2.14. The molecule has 0 saturated heterocycles. The van der Waals surface area contributed by atoms with Gasteiger partial charge in [-0.1, -0.05) is 18.2 Å². The maximum absolute atomic E-state index is 11.8. The second-order valence-corrected chi connectivity index (χ2v) is 4.55. The number of alkyl halides is 1. The number of hydrogen-bond donors (Lipinski definition) is 0. The Hall–Kier alpha value is -1.26. The van der Waals surface area contributed by atoms with E-state index in [1.165, 1.54) is 0 Å². The first-order chi connectivity index (χ1) is 8.63. The number of carbonyl (C=O) groups is 1. The number of rotatable bonds is 7. The van der Waals surface area contributed by atoms with Gasteiger partial charge in [-0.15, -0.1) is 11.6 Å². The van der Waals surface area contributed by atoms with Crippen LogP contribution in [-0.2, 0) is 9.53 Å². The van der Waals surface area contributed by atoms with Crippen molar-refractivity contribution < 1.29 is 14.3 Å². The molecular formula is C13H18ClNO3. The summed E-state index contributed by atoms with van der Waals surface area (Å²) in [4.78, 5) is 13.3. The molecule has 0 bridgehead atoms. The van der Waals surface area contributed by atoms with E-state index in [0.29, 0.717) is 18.9 Å². The van der Waals surface area contributed by atoms with Gasteiger partial charge in [0, 0.05) is 20.7 Å². The highest BCUT2D eigenvalue weighted by molar-refractivity contribution is 6.21. The molecule has 0 heterocycles. The molecule has 0 saturated carbocycles. The number of benzene rings is 1. The molecule has 0 aliphatic carbocycles. The lowest BCUT2D eigenvalue weighted by molar-refractivity contribution is -0.132. The minimum absolute atomic E-state index is 0.0110. The molecule has 1 aromatic carbocycles. The van der Waals surface area contributed by atoms with Crippen LogP contribution in [0.3, 0.4) is 0 Å². The van der Waals surface area contributed by atoms with Crippen molar-refractivity contribution in [1.29, 1.82) is 0 Å². The summed E-state index contributed by atoms with van der Waals surface area (Å²) in [5.74, 6) is 0.569. The fourth-order valence-electron chi connectivity index (χ4n) is 1.40. The predicted octanol–water partition coefficient (Wildman–Crippen LogP) is 1.78. The minimum atomic E-state index is -0.208. The lowest BCUT2D eigenvalue weighted by Crippen LogP contribution is -2.36. The van der Waals surface area contributed by atoms with Crippen molar-refractivity contribution in [2.45, 2.75) is 5.38 Å². The van der Waals surface area contributed by atoms with E-state index in [0.717, 1.165) is 0 Å². The Balaban J connectivity index is 2.32. The van der Waals surface area contributed by atoms with Gasteiger partial charge in [0.2, 0.25) is 0 Å². The van der Waals surface area contributed by atoms with Crippen LogP contribution in [0.5, 0.6) is 5.75 Å². The molecule has 100 valence electrons. The molecule has 18 heavy (non-hydrogen) atoms. The number of likely N-dealkylation sites (N-methyl/N-ethyl adjacent to an activating group) is 1. The van der Waals surface area contributed by atoms with Crippen LogP contribution in [-0.4, -0.2) is 50.1 Å². The summed E-state index contributed by atoms with van der Waals surface area (Å²) in [5.41, 5.74) is 0. The third kappa shape index (κ3) is 5.38. The van der Waals surface area contributed by atoms with Gasteiger partial charge in [0.25, 0.3) is 5.91 Å². The molecule has 0 aliphatic heterocycles. The number of para-hydroxylation sites is 1. The molecule has 1 rings (SSSR count). The quantitative estimate of drug-likeness (QED) is 0.710. The molecule has 0 aliphatic rings. The van der Waals surface area contributed by atoms with Gasteiger partial charge in [0.1, 0.15) is 5.75 Å². The first-order valence-electron chi connectivity index (χ1n) is 5.68. The Labute approximate surface area is 112 Å². The van der Waals surface area contributed by atoms with Crippen molar-refractivity contribution >= 4 is 17.5 Å². The highest BCUT2D eigenvalue weighted by atomic mass is 35.5. The van der Waals surface area contributed by atoms with Gasteiger partial charge in [-0.25, -0.2) is 0 Å². The Morgan fingerprint density at radius 3 is 2.67 bits per heavy atom. The average molecular weight is 272 g/mol. The van der Waals surface area contributed by atoms with Crippen LogP contribution < -0.4 is 4.74 Å². The summed E-state index contributed by atoms with van der Waals surface area (Å²) >= 11 is 5.98. The standard InChI is InChI=1S/C13H18ClNO3/c1-15(8-11(14)9-17-2)13(16)10-18-12-6-4-3-5-7-12/h3-7,11H,8-10H2,1-2H3. The van der Waals surface area contributed by atoms with Crippen molar-refractivity contribution in [3.05, 3.63) is 30.3 Å². The van der Waals surface area contributed by atoms with Gasteiger partial charge in [-0.3, -0.25) is 4.79 Å². The van der Waals surface area contributed by atoms with Crippen molar-refractivity contribution in [2.75, 3.05) is 33.9 Å². The SMILES string of the molecule is COCC(Cl)CN(C)C(=O)COc1ccccc1. The highest BCUT2D eigenvalue weighted by Crippen LogP contribution is 2.08. The number of nitrogens with zero attached hydrogens (tertiary/aromatic N) is 1. The molecular weight excluding hydrogens is 254 g/mol. The number of ether oxygens (including phenoxy) is 2. The van der Waals surface area contributed by atoms with Gasteiger partial charge in [-0.2, -0.15) is 0 Å². The molecule has 4 nitrogen and oxygen atoms in total. The van der Waals surface area contributed by atoms with Gasteiger partial charge >= 0.3 is 0 Å². The smallest absolute Gasteiger partial charge is 0.260 e. The molecule has 0 N–H and O–H groups in total. The minimum Gasteiger partial charge on any atom is -0.484 e. The van der Waals surface area contributed by atoms with Crippen LogP contribution in [0, 0.1) is 0 Å². The Bertz CT molecular complexity index is 359. The number of halogens is 1. The lowest BCUT2D eigenvalue weighted by Gasteiger charge is -2.20. The average Bonchev–Trinajstić information content (AvgIpc) is 2.37. The molecule has 1 unspecified atom stereocenters. The summed E-state index contributed by atoms with van der Waals surface area (Å²) < 4.78 is 10.3. The Kier molecular flexibility index (Phi) is 6.54. The van der Waals surface area contributed by atoms with E-state index in [-0.39, 0.29) is 17.9 Å². The fourth-order valence-corrected chi connectivity index (χ4v) is 1.74. The number of amides is 1. The van der Waals surface area contributed by atoms with Gasteiger partial charge in [0.05, 0.1) is 12.0 Å². The van der Waals surface area contributed by atoms with E-state index < -0.39 is 0 Å². The Morgan fingerprint density at radius 2 is 2.06 bits per heavy atom. The van der Waals surface area contributed by atoms with E-state index in [4.69, 9.17) is 21.1 Å². The van der Waals surface area contributed by atoms with E-state index in [9.17, 15) is 4.79 Å². The van der Waals surface area contributed by atoms with Crippen molar-refractivity contribution in [3.63, 3.8) is 0 Å². The van der Waals surface area contributed by atoms with Crippen molar-refractivity contribution in [3.8, 4) is 5.75 Å². The van der Waals surface area contributed by atoms with E-state index in [1.54, 1.807) is 19.1 Å². The maximum Gasteiger partial charge on any atom is 0.260 e. The molecule has 1 atom stereocenters. The zero-order valence-electron chi connectivity index (χ0n) is 10.6. The van der Waals surface area contributed by atoms with E-state index >= 15 is 0 Å². The van der Waals surface area contributed by atoms with Crippen LogP contribution in [0.2, 0.25) is 0 Å². The van der Waals surface area contributed by atoms with E-state index in [1.807, 2.05) is 30.3 Å². The molecule has 0 aromatic heterocycles. The third-order valence-corrected chi connectivity index (χ3v) is 2.61. The Morgan fingerprint density at radius 1 is 1.39 bits per heavy atom. The largest absolute Gasteiger partial charge is 0.484 e. The van der Waals surface area contributed by atoms with Crippen LogP contribution >= 0.6 is 11.6 Å². The number of methoxy groups -OCH3 is 1. The van der Waals surface area contributed by atoms with Crippen molar-refractivity contribution in [2.24, 2.45) is 0 Å². The predicted molar refractivity (Wildman–Crippen MR) is 71.1 cm³/mol. The number of carbonyl (C=O) groups excluding carboxylic acids is 1.